The maximum absolute atomic E-state index is 12.4. The third-order valence-corrected chi connectivity index (χ3v) is 5.55. The number of amides is 1. The zero-order valence-corrected chi connectivity index (χ0v) is 14.2. The molecule has 3 rings (SSSR count). The third-order valence-electron chi connectivity index (χ3n) is 4.13. The first-order valence-electron chi connectivity index (χ1n) is 7.56. The van der Waals surface area contributed by atoms with Crippen LogP contribution < -0.4 is 15.4 Å². The lowest BCUT2D eigenvalue weighted by atomic mass is 10.2. The van der Waals surface area contributed by atoms with Crippen molar-refractivity contribution in [2.24, 2.45) is 5.92 Å². The van der Waals surface area contributed by atoms with Gasteiger partial charge < -0.3 is 15.1 Å². The van der Waals surface area contributed by atoms with E-state index in [0.29, 0.717) is 11.4 Å². The average molecular weight is 349 g/mol. The molecule has 24 heavy (non-hydrogen) atoms. The van der Waals surface area contributed by atoms with Gasteiger partial charge in [-0.15, -0.1) is 0 Å². The molecule has 1 saturated carbocycles. The summed E-state index contributed by atoms with van der Waals surface area (Å²) in [6.07, 6.45) is 2.32. The molecule has 3 N–H and O–H groups in total. The summed E-state index contributed by atoms with van der Waals surface area (Å²) in [6, 6.07) is 8.21. The van der Waals surface area contributed by atoms with Gasteiger partial charge in [-0.05, 0) is 43.8 Å². The molecule has 1 aliphatic rings. The fourth-order valence-electron chi connectivity index (χ4n) is 2.66. The quantitative estimate of drug-likeness (QED) is 0.740. The van der Waals surface area contributed by atoms with Gasteiger partial charge in [-0.3, -0.25) is 4.79 Å². The molecule has 7 nitrogen and oxygen atoms in total. The molecule has 1 aromatic heterocycles. The molecule has 0 unspecified atom stereocenters. The normalized spacial score (nSPS) is 19.8. The van der Waals surface area contributed by atoms with Crippen LogP contribution in [0.25, 0.3) is 0 Å². The summed E-state index contributed by atoms with van der Waals surface area (Å²) in [5.74, 6) is 0.579. The predicted octanol–water partition coefficient (Wildman–Crippen LogP) is 1.97. The number of benzene rings is 1. The summed E-state index contributed by atoms with van der Waals surface area (Å²) in [7, 11) is -0.523. The van der Waals surface area contributed by atoms with E-state index in [0.717, 1.165) is 12.2 Å². The highest BCUT2D eigenvalue weighted by atomic mass is 32.2. The van der Waals surface area contributed by atoms with Gasteiger partial charge in [0.2, 0.25) is 15.9 Å². The highest BCUT2D eigenvalue weighted by Gasteiger charge is 2.46. The van der Waals surface area contributed by atoms with E-state index < -0.39 is 10.0 Å². The monoisotopic (exact) mass is 349 g/mol. The Hall–Kier alpha value is -2.32. The SMILES string of the molecule is CNc1ccc(S(=O)(=O)NC)cc1NC(=O)[C@H]1C[C@H]1c1ccco1. The van der Waals surface area contributed by atoms with Crippen LogP contribution in [0.5, 0.6) is 0 Å². The van der Waals surface area contributed by atoms with Crippen LogP contribution >= 0.6 is 0 Å². The summed E-state index contributed by atoms with van der Waals surface area (Å²) in [4.78, 5) is 12.5. The zero-order chi connectivity index (χ0) is 17.3. The first-order valence-corrected chi connectivity index (χ1v) is 9.04. The molecule has 0 aliphatic heterocycles. The Morgan fingerprint density at radius 2 is 2.00 bits per heavy atom. The van der Waals surface area contributed by atoms with Crippen LogP contribution in [-0.2, 0) is 14.8 Å². The smallest absolute Gasteiger partial charge is 0.240 e. The number of hydrogen-bond acceptors (Lipinski definition) is 5. The summed E-state index contributed by atoms with van der Waals surface area (Å²) in [5, 5.41) is 5.76. The Kier molecular flexibility index (Phi) is 4.33. The highest BCUT2D eigenvalue weighted by Crippen LogP contribution is 2.48. The molecule has 1 aromatic carbocycles. The van der Waals surface area contributed by atoms with Crippen molar-refractivity contribution in [3.63, 3.8) is 0 Å². The summed E-state index contributed by atoms with van der Waals surface area (Å²) >= 11 is 0. The second-order valence-electron chi connectivity index (χ2n) is 5.62. The van der Waals surface area contributed by atoms with E-state index in [9.17, 15) is 13.2 Å². The van der Waals surface area contributed by atoms with E-state index in [4.69, 9.17) is 4.42 Å². The number of anilines is 2. The first-order chi connectivity index (χ1) is 11.5. The van der Waals surface area contributed by atoms with Crippen LogP contribution in [-0.4, -0.2) is 28.4 Å². The number of nitrogens with one attached hydrogen (secondary N) is 3. The van der Waals surface area contributed by atoms with Crippen molar-refractivity contribution in [2.45, 2.75) is 17.2 Å². The fraction of sp³-hybridized carbons (Fsp3) is 0.312. The van der Waals surface area contributed by atoms with Gasteiger partial charge >= 0.3 is 0 Å². The molecule has 1 aliphatic carbocycles. The minimum atomic E-state index is -3.58. The lowest BCUT2D eigenvalue weighted by Gasteiger charge is -2.13. The summed E-state index contributed by atoms with van der Waals surface area (Å²) < 4.78 is 31.5. The Morgan fingerprint density at radius 3 is 2.62 bits per heavy atom. The van der Waals surface area contributed by atoms with Gasteiger partial charge in [-0.1, -0.05) is 0 Å². The number of sulfonamides is 1. The van der Waals surface area contributed by atoms with Crippen molar-refractivity contribution in [1.29, 1.82) is 0 Å². The van der Waals surface area contributed by atoms with Crippen molar-refractivity contribution in [1.82, 2.24) is 4.72 Å². The molecule has 1 heterocycles. The van der Waals surface area contributed by atoms with Gasteiger partial charge in [0.1, 0.15) is 5.76 Å². The Balaban J connectivity index is 1.79. The van der Waals surface area contributed by atoms with Crippen LogP contribution in [0.1, 0.15) is 18.1 Å². The van der Waals surface area contributed by atoms with Crippen molar-refractivity contribution < 1.29 is 17.6 Å². The van der Waals surface area contributed by atoms with Gasteiger partial charge in [-0.2, -0.15) is 0 Å². The molecule has 0 bridgehead atoms. The second kappa shape index (κ2) is 6.29. The fourth-order valence-corrected chi connectivity index (χ4v) is 3.41. The molecular formula is C16H19N3O4S. The van der Waals surface area contributed by atoms with E-state index in [-0.39, 0.29) is 22.6 Å². The molecule has 0 saturated heterocycles. The van der Waals surface area contributed by atoms with Gasteiger partial charge in [0.25, 0.3) is 0 Å². The summed E-state index contributed by atoms with van der Waals surface area (Å²) in [5.41, 5.74) is 1.08. The Bertz CT molecular complexity index is 846. The van der Waals surface area contributed by atoms with E-state index in [2.05, 4.69) is 15.4 Å². The van der Waals surface area contributed by atoms with Crippen molar-refractivity contribution in [3.05, 3.63) is 42.4 Å². The zero-order valence-electron chi connectivity index (χ0n) is 13.4. The number of furan rings is 1. The topological polar surface area (TPSA) is 100 Å². The molecule has 2 aromatic rings. The van der Waals surface area contributed by atoms with Crippen LogP contribution in [0.3, 0.4) is 0 Å². The molecule has 0 radical (unpaired) electrons. The van der Waals surface area contributed by atoms with Crippen molar-refractivity contribution >= 4 is 27.3 Å². The lowest BCUT2D eigenvalue weighted by Crippen LogP contribution is -2.20. The Labute approximate surface area is 140 Å². The number of carbonyl (C=O) groups is 1. The van der Waals surface area contributed by atoms with E-state index in [1.54, 1.807) is 25.4 Å². The highest BCUT2D eigenvalue weighted by molar-refractivity contribution is 7.89. The molecule has 128 valence electrons. The summed E-state index contributed by atoms with van der Waals surface area (Å²) in [6.45, 7) is 0. The van der Waals surface area contributed by atoms with E-state index in [1.165, 1.54) is 19.2 Å². The Morgan fingerprint density at radius 1 is 1.21 bits per heavy atom. The second-order valence-corrected chi connectivity index (χ2v) is 7.50. The molecule has 8 heteroatoms. The molecule has 1 fully saturated rings. The third kappa shape index (κ3) is 3.15. The molecular weight excluding hydrogens is 330 g/mol. The van der Waals surface area contributed by atoms with Gasteiger partial charge in [0.05, 0.1) is 22.5 Å². The minimum absolute atomic E-state index is 0.0854. The van der Waals surface area contributed by atoms with Crippen LogP contribution in [0.2, 0.25) is 0 Å². The molecule has 1 amide bonds. The maximum atomic E-state index is 12.4. The largest absolute Gasteiger partial charge is 0.469 e. The first kappa shape index (κ1) is 16.5. The van der Waals surface area contributed by atoms with Crippen molar-refractivity contribution in [3.8, 4) is 0 Å². The van der Waals surface area contributed by atoms with E-state index >= 15 is 0 Å². The molecule has 2 atom stereocenters. The number of rotatable bonds is 6. The average Bonchev–Trinajstić information content (AvgIpc) is 3.20. The lowest BCUT2D eigenvalue weighted by molar-refractivity contribution is -0.117. The van der Waals surface area contributed by atoms with Crippen LogP contribution in [0, 0.1) is 5.92 Å². The molecule has 0 spiro atoms. The van der Waals surface area contributed by atoms with Crippen LogP contribution in [0.4, 0.5) is 11.4 Å². The number of carbonyl (C=O) groups excluding carboxylic acids is 1. The van der Waals surface area contributed by atoms with Gasteiger partial charge in [0.15, 0.2) is 0 Å². The van der Waals surface area contributed by atoms with Gasteiger partial charge in [0, 0.05) is 18.9 Å². The van der Waals surface area contributed by atoms with Gasteiger partial charge in [-0.25, -0.2) is 13.1 Å². The number of hydrogen-bond donors (Lipinski definition) is 3. The van der Waals surface area contributed by atoms with Crippen LogP contribution in [0.15, 0.2) is 45.9 Å². The maximum Gasteiger partial charge on any atom is 0.240 e. The minimum Gasteiger partial charge on any atom is -0.469 e. The van der Waals surface area contributed by atoms with E-state index in [1.807, 2.05) is 6.07 Å². The van der Waals surface area contributed by atoms with Crippen molar-refractivity contribution in [2.75, 3.05) is 24.7 Å². The predicted molar refractivity (Wildman–Crippen MR) is 90.4 cm³/mol. The standard InChI is InChI=1S/C16H19N3O4S/c1-17-13-6-5-10(24(21,22)18-2)8-14(13)19-16(20)12-9-11(12)15-4-3-7-23-15/h3-8,11-12,17-18H,9H2,1-2H3,(H,19,20)/t11-,12+/m1/s1.